The van der Waals surface area contributed by atoms with Crippen LogP contribution in [0.1, 0.15) is 32.1 Å². The zero-order valence-corrected chi connectivity index (χ0v) is 13.8. The van der Waals surface area contributed by atoms with E-state index in [1.54, 1.807) is 4.90 Å². The van der Waals surface area contributed by atoms with Crippen LogP contribution in [0.5, 0.6) is 0 Å². The highest BCUT2D eigenvalue weighted by atomic mass is 16.4. The summed E-state index contributed by atoms with van der Waals surface area (Å²) in [5, 5.41) is 34.4. The maximum Gasteiger partial charge on any atom is 0.451 e. The SMILES string of the molecule is O=C([C@@H]1CCCN1)N1C[C@@]2(CCCB(O)O)CCN[C@@]2(C(=O)O)C1. The zero-order valence-electron chi connectivity index (χ0n) is 13.8. The Bertz CT molecular complexity index is 513. The maximum absolute atomic E-state index is 12.7. The molecule has 134 valence electrons. The monoisotopic (exact) mass is 339 g/mol. The highest BCUT2D eigenvalue weighted by Gasteiger charge is 2.65. The third-order valence-electron chi connectivity index (χ3n) is 6.01. The molecule has 3 saturated heterocycles. The highest BCUT2D eigenvalue weighted by molar-refractivity contribution is 6.40. The van der Waals surface area contributed by atoms with Gasteiger partial charge in [0, 0.05) is 12.0 Å². The molecule has 3 aliphatic heterocycles. The normalized spacial score (nSPS) is 35.2. The number of hydrogen-bond acceptors (Lipinski definition) is 6. The van der Waals surface area contributed by atoms with Gasteiger partial charge in [0.25, 0.3) is 0 Å². The molecule has 8 nitrogen and oxygen atoms in total. The molecule has 0 aliphatic carbocycles. The number of likely N-dealkylation sites (tertiary alicyclic amines) is 1. The van der Waals surface area contributed by atoms with Gasteiger partial charge in [-0.05, 0) is 45.1 Å². The van der Waals surface area contributed by atoms with Crippen molar-refractivity contribution in [3.05, 3.63) is 0 Å². The quantitative estimate of drug-likeness (QED) is 0.379. The molecule has 24 heavy (non-hydrogen) atoms. The smallest absolute Gasteiger partial charge is 0.451 e. The van der Waals surface area contributed by atoms with Crippen LogP contribution in [-0.2, 0) is 9.59 Å². The Morgan fingerprint density at radius 1 is 1.25 bits per heavy atom. The fourth-order valence-electron chi connectivity index (χ4n) is 4.74. The van der Waals surface area contributed by atoms with Crippen molar-refractivity contribution >= 4 is 19.0 Å². The van der Waals surface area contributed by atoms with Crippen LogP contribution in [0, 0.1) is 5.41 Å². The zero-order chi connectivity index (χ0) is 17.4. The topological polar surface area (TPSA) is 122 Å². The van der Waals surface area contributed by atoms with Crippen molar-refractivity contribution in [2.45, 2.75) is 50.0 Å². The van der Waals surface area contributed by atoms with Crippen LogP contribution >= 0.6 is 0 Å². The minimum absolute atomic E-state index is 0.00843. The third-order valence-corrected chi connectivity index (χ3v) is 6.01. The summed E-state index contributed by atoms with van der Waals surface area (Å²) in [6.45, 7) is 2.04. The van der Waals surface area contributed by atoms with Gasteiger partial charge in [0.15, 0.2) is 0 Å². The molecule has 3 heterocycles. The highest BCUT2D eigenvalue weighted by Crippen LogP contribution is 2.50. The Hall–Kier alpha value is -1.16. The van der Waals surface area contributed by atoms with Crippen LogP contribution < -0.4 is 10.6 Å². The fourth-order valence-corrected chi connectivity index (χ4v) is 4.74. The minimum atomic E-state index is -1.38. The predicted molar refractivity (Wildman–Crippen MR) is 87.3 cm³/mol. The summed E-state index contributed by atoms with van der Waals surface area (Å²) in [7, 11) is -1.38. The number of hydrogen-bond donors (Lipinski definition) is 5. The summed E-state index contributed by atoms with van der Waals surface area (Å²) < 4.78 is 0. The van der Waals surface area contributed by atoms with E-state index in [2.05, 4.69) is 10.6 Å². The average molecular weight is 339 g/mol. The first-order valence-corrected chi connectivity index (χ1v) is 8.77. The fraction of sp³-hybridized carbons (Fsp3) is 0.867. The van der Waals surface area contributed by atoms with Crippen molar-refractivity contribution < 1.29 is 24.7 Å². The van der Waals surface area contributed by atoms with Gasteiger partial charge in [-0.3, -0.25) is 14.9 Å². The summed E-state index contributed by atoms with van der Waals surface area (Å²) >= 11 is 0. The molecule has 3 rings (SSSR count). The molecule has 0 unspecified atom stereocenters. The van der Waals surface area contributed by atoms with E-state index in [0.29, 0.717) is 32.4 Å². The van der Waals surface area contributed by atoms with Crippen LogP contribution in [0.25, 0.3) is 0 Å². The van der Waals surface area contributed by atoms with E-state index in [-0.39, 0.29) is 24.8 Å². The molecule has 3 atom stereocenters. The predicted octanol–water partition coefficient (Wildman–Crippen LogP) is -1.36. The Labute approximate surface area is 141 Å². The lowest BCUT2D eigenvalue weighted by molar-refractivity contribution is -0.147. The molecule has 0 saturated carbocycles. The number of carbonyl (C=O) groups is 2. The molecule has 0 radical (unpaired) electrons. The number of fused-ring (bicyclic) bond motifs is 1. The summed E-state index contributed by atoms with van der Waals surface area (Å²) in [6.07, 6.45) is 3.75. The molecule has 5 N–H and O–H groups in total. The van der Waals surface area contributed by atoms with E-state index in [1.807, 2.05) is 0 Å². The van der Waals surface area contributed by atoms with Crippen LogP contribution in [0.15, 0.2) is 0 Å². The number of nitrogens with one attached hydrogen (secondary N) is 2. The number of amides is 1. The number of nitrogens with zero attached hydrogens (tertiary/aromatic N) is 1. The second-order valence-corrected chi connectivity index (χ2v) is 7.38. The molecule has 9 heteroatoms. The van der Waals surface area contributed by atoms with E-state index in [9.17, 15) is 14.7 Å². The van der Waals surface area contributed by atoms with Gasteiger partial charge in [-0.25, -0.2) is 0 Å². The first kappa shape index (κ1) is 17.7. The Balaban J connectivity index is 1.78. The molecule has 0 bridgehead atoms. The summed E-state index contributed by atoms with van der Waals surface area (Å²) in [5.41, 5.74) is -1.66. The van der Waals surface area contributed by atoms with Gasteiger partial charge >= 0.3 is 13.1 Å². The Morgan fingerprint density at radius 3 is 2.67 bits per heavy atom. The Kier molecular flexibility index (Phi) is 4.88. The number of aliphatic carboxylic acids is 1. The van der Waals surface area contributed by atoms with Crippen LogP contribution in [0.3, 0.4) is 0 Å². The summed E-state index contributed by atoms with van der Waals surface area (Å²) in [4.78, 5) is 26.5. The number of carboxylic acid groups (broad SMARTS) is 1. The van der Waals surface area contributed by atoms with Crippen molar-refractivity contribution in [1.29, 1.82) is 0 Å². The molecule has 0 aromatic rings. The largest absolute Gasteiger partial charge is 0.480 e. The molecular formula is C15H26BN3O5. The third kappa shape index (κ3) is 2.83. The summed E-state index contributed by atoms with van der Waals surface area (Å²) in [5.74, 6) is -0.926. The first-order valence-electron chi connectivity index (χ1n) is 8.77. The average Bonchev–Trinajstić information content (AvgIpc) is 3.19. The van der Waals surface area contributed by atoms with Gasteiger partial charge in [-0.2, -0.15) is 0 Å². The van der Waals surface area contributed by atoms with Gasteiger partial charge in [0.2, 0.25) is 5.91 Å². The van der Waals surface area contributed by atoms with E-state index < -0.39 is 24.0 Å². The van der Waals surface area contributed by atoms with Gasteiger partial charge in [-0.15, -0.1) is 0 Å². The second-order valence-electron chi connectivity index (χ2n) is 7.38. The van der Waals surface area contributed by atoms with Gasteiger partial charge in [-0.1, -0.05) is 6.42 Å². The van der Waals surface area contributed by atoms with Gasteiger partial charge < -0.3 is 25.4 Å². The van der Waals surface area contributed by atoms with Crippen molar-refractivity contribution in [1.82, 2.24) is 15.5 Å². The van der Waals surface area contributed by atoms with Crippen molar-refractivity contribution in [2.75, 3.05) is 26.2 Å². The number of carboxylic acids is 1. The second kappa shape index (κ2) is 6.63. The van der Waals surface area contributed by atoms with Crippen LogP contribution in [-0.4, -0.2) is 76.8 Å². The molecule has 1 amide bonds. The Morgan fingerprint density at radius 2 is 2.04 bits per heavy atom. The van der Waals surface area contributed by atoms with Crippen molar-refractivity contribution in [2.24, 2.45) is 5.41 Å². The maximum atomic E-state index is 12.7. The lowest BCUT2D eigenvalue weighted by atomic mass is 9.68. The molecular weight excluding hydrogens is 313 g/mol. The van der Waals surface area contributed by atoms with E-state index in [0.717, 1.165) is 19.4 Å². The standard InChI is InChI=1S/C15H26BN3O5/c20-12(11-3-1-7-17-11)19-9-14(4-2-6-16(23)24)5-8-18-15(14,10-19)13(21)22/h11,17-18,23-24H,1-10H2,(H,21,22)/t11-,14+,15+/m0/s1. The van der Waals surface area contributed by atoms with Crippen LogP contribution in [0.2, 0.25) is 6.32 Å². The number of carbonyl (C=O) groups excluding carboxylic acids is 1. The van der Waals surface area contributed by atoms with Gasteiger partial charge in [0.1, 0.15) is 5.54 Å². The molecule has 0 spiro atoms. The van der Waals surface area contributed by atoms with Gasteiger partial charge in [0.05, 0.1) is 12.6 Å². The van der Waals surface area contributed by atoms with E-state index in [1.165, 1.54) is 0 Å². The molecule has 3 aliphatic rings. The molecule has 0 aromatic carbocycles. The summed E-state index contributed by atoms with van der Waals surface area (Å²) in [6, 6.07) is -0.203. The molecule has 3 fully saturated rings. The number of rotatable bonds is 6. The van der Waals surface area contributed by atoms with Crippen molar-refractivity contribution in [3.8, 4) is 0 Å². The molecule has 0 aromatic heterocycles. The first-order chi connectivity index (χ1) is 11.4. The van der Waals surface area contributed by atoms with Crippen LogP contribution in [0.4, 0.5) is 0 Å². The van der Waals surface area contributed by atoms with E-state index >= 15 is 0 Å². The van der Waals surface area contributed by atoms with E-state index in [4.69, 9.17) is 10.0 Å². The lowest BCUT2D eigenvalue weighted by Crippen LogP contribution is -2.58. The lowest BCUT2D eigenvalue weighted by Gasteiger charge is -2.35. The van der Waals surface area contributed by atoms with Crippen molar-refractivity contribution in [3.63, 3.8) is 0 Å². The minimum Gasteiger partial charge on any atom is -0.480 e.